The summed E-state index contributed by atoms with van der Waals surface area (Å²) in [4.78, 5) is 35.6. The number of hydrogen-bond acceptors (Lipinski definition) is 3. The van der Waals surface area contributed by atoms with Gasteiger partial charge < -0.3 is 15.7 Å². The second kappa shape index (κ2) is 10.5. The Morgan fingerprint density at radius 2 is 1.72 bits per heavy atom. The van der Waals surface area contributed by atoms with E-state index in [0.29, 0.717) is 19.3 Å². The van der Waals surface area contributed by atoms with Gasteiger partial charge in [-0.1, -0.05) is 44.2 Å². The number of aliphatic carboxylic acids is 1. The second-order valence-corrected chi connectivity index (χ2v) is 6.62. The fraction of sp³-hybridized carbons (Fsp3) is 0.526. The molecule has 6 nitrogen and oxygen atoms in total. The first-order valence-electron chi connectivity index (χ1n) is 8.61. The summed E-state index contributed by atoms with van der Waals surface area (Å²) in [6.45, 7) is 3.88. The van der Waals surface area contributed by atoms with Gasteiger partial charge in [0.1, 0.15) is 6.04 Å². The van der Waals surface area contributed by atoms with E-state index in [-0.39, 0.29) is 24.2 Å². The third kappa shape index (κ3) is 7.83. The molecule has 1 aromatic carbocycles. The number of carbonyl (C=O) groups excluding carboxylic acids is 2. The van der Waals surface area contributed by atoms with Crippen molar-refractivity contribution in [1.82, 2.24) is 10.6 Å². The van der Waals surface area contributed by atoms with E-state index in [9.17, 15) is 14.4 Å². The van der Waals surface area contributed by atoms with Crippen LogP contribution in [0, 0.1) is 11.8 Å². The number of rotatable bonds is 10. The van der Waals surface area contributed by atoms with Crippen molar-refractivity contribution in [3.63, 3.8) is 0 Å². The number of carboxylic acids is 1. The zero-order chi connectivity index (χ0) is 18.8. The van der Waals surface area contributed by atoms with Crippen LogP contribution in [0.2, 0.25) is 0 Å². The third-order valence-corrected chi connectivity index (χ3v) is 3.99. The highest BCUT2D eigenvalue weighted by molar-refractivity contribution is 5.89. The molecule has 0 radical (unpaired) electrons. The van der Waals surface area contributed by atoms with E-state index in [0.717, 1.165) is 5.56 Å². The number of aryl methyl sites for hydroxylation is 1. The molecular formula is C19H28N2O4. The fourth-order valence-electron chi connectivity index (χ4n) is 2.75. The SMILES string of the molecule is CNC(=O)C(CCc1ccccc1)NC(=O)C(CC(=O)O)CC(C)C. The molecule has 0 aromatic heterocycles. The third-order valence-electron chi connectivity index (χ3n) is 3.99. The van der Waals surface area contributed by atoms with Crippen LogP contribution in [0.15, 0.2) is 30.3 Å². The minimum atomic E-state index is -1.01. The molecule has 0 aliphatic heterocycles. The lowest BCUT2D eigenvalue weighted by molar-refractivity contribution is -0.141. The average molecular weight is 348 g/mol. The normalized spacial score (nSPS) is 13.1. The van der Waals surface area contributed by atoms with E-state index >= 15 is 0 Å². The van der Waals surface area contributed by atoms with E-state index in [1.54, 1.807) is 0 Å². The van der Waals surface area contributed by atoms with Crippen molar-refractivity contribution in [3.05, 3.63) is 35.9 Å². The molecule has 2 amide bonds. The number of amides is 2. The van der Waals surface area contributed by atoms with Crippen molar-refractivity contribution in [2.45, 2.75) is 45.6 Å². The standard InChI is InChI=1S/C19H28N2O4/c1-13(2)11-15(12-17(22)23)18(24)21-16(19(25)20-3)10-9-14-7-5-4-6-8-14/h4-8,13,15-16H,9-12H2,1-3H3,(H,20,25)(H,21,24)(H,22,23). The van der Waals surface area contributed by atoms with Crippen molar-refractivity contribution in [2.24, 2.45) is 11.8 Å². The lowest BCUT2D eigenvalue weighted by atomic mass is 9.92. The molecule has 0 aliphatic rings. The molecule has 2 unspecified atom stereocenters. The maximum atomic E-state index is 12.5. The van der Waals surface area contributed by atoms with Crippen LogP contribution < -0.4 is 10.6 Å². The van der Waals surface area contributed by atoms with E-state index in [4.69, 9.17) is 5.11 Å². The molecule has 0 aliphatic carbocycles. The van der Waals surface area contributed by atoms with Crippen LogP contribution in [-0.2, 0) is 20.8 Å². The summed E-state index contributed by atoms with van der Waals surface area (Å²) in [5, 5.41) is 14.3. The molecule has 0 heterocycles. The largest absolute Gasteiger partial charge is 0.481 e. The maximum absolute atomic E-state index is 12.5. The van der Waals surface area contributed by atoms with Crippen molar-refractivity contribution in [3.8, 4) is 0 Å². The number of carboxylic acid groups (broad SMARTS) is 1. The molecule has 0 saturated carbocycles. The first-order valence-corrected chi connectivity index (χ1v) is 8.61. The zero-order valence-electron chi connectivity index (χ0n) is 15.1. The van der Waals surface area contributed by atoms with Gasteiger partial charge in [-0.25, -0.2) is 0 Å². The van der Waals surface area contributed by atoms with E-state index in [1.807, 2.05) is 44.2 Å². The van der Waals surface area contributed by atoms with Crippen LogP contribution in [0.5, 0.6) is 0 Å². The highest BCUT2D eigenvalue weighted by Gasteiger charge is 2.27. The molecule has 0 bridgehead atoms. The predicted molar refractivity (Wildman–Crippen MR) is 96.0 cm³/mol. The van der Waals surface area contributed by atoms with Crippen LogP contribution in [-0.4, -0.2) is 36.0 Å². The smallest absolute Gasteiger partial charge is 0.304 e. The zero-order valence-corrected chi connectivity index (χ0v) is 15.1. The molecule has 138 valence electrons. The Hall–Kier alpha value is -2.37. The van der Waals surface area contributed by atoms with Crippen LogP contribution >= 0.6 is 0 Å². The molecule has 25 heavy (non-hydrogen) atoms. The highest BCUT2D eigenvalue weighted by Crippen LogP contribution is 2.16. The van der Waals surface area contributed by atoms with E-state index in [2.05, 4.69) is 10.6 Å². The Morgan fingerprint density at radius 3 is 2.24 bits per heavy atom. The quantitative estimate of drug-likeness (QED) is 0.602. The Balaban J connectivity index is 2.75. The molecule has 1 rings (SSSR count). The molecule has 6 heteroatoms. The monoisotopic (exact) mass is 348 g/mol. The number of nitrogens with one attached hydrogen (secondary N) is 2. The summed E-state index contributed by atoms with van der Waals surface area (Å²) in [5.41, 5.74) is 1.08. The lowest BCUT2D eigenvalue weighted by Crippen LogP contribution is -2.48. The minimum absolute atomic E-state index is 0.192. The summed E-state index contributed by atoms with van der Waals surface area (Å²) in [6.07, 6.45) is 1.34. The minimum Gasteiger partial charge on any atom is -0.481 e. The van der Waals surface area contributed by atoms with Gasteiger partial charge in [0.15, 0.2) is 0 Å². The van der Waals surface area contributed by atoms with Crippen LogP contribution in [0.4, 0.5) is 0 Å². The average Bonchev–Trinajstić information content (AvgIpc) is 2.57. The van der Waals surface area contributed by atoms with E-state index < -0.39 is 17.9 Å². The molecule has 1 aromatic rings. The number of benzene rings is 1. The van der Waals surface area contributed by atoms with Gasteiger partial charge in [0, 0.05) is 13.0 Å². The first-order chi connectivity index (χ1) is 11.8. The van der Waals surface area contributed by atoms with Crippen LogP contribution in [0.3, 0.4) is 0 Å². The summed E-state index contributed by atoms with van der Waals surface area (Å²) < 4.78 is 0. The summed E-state index contributed by atoms with van der Waals surface area (Å²) in [6, 6.07) is 9.02. The number of hydrogen-bond donors (Lipinski definition) is 3. The van der Waals surface area contributed by atoms with Crippen molar-refractivity contribution in [1.29, 1.82) is 0 Å². The first kappa shape index (κ1) is 20.7. The Labute approximate surface area is 149 Å². The molecular weight excluding hydrogens is 320 g/mol. The Kier molecular flexibility index (Phi) is 8.67. The molecule has 0 spiro atoms. The predicted octanol–water partition coefficient (Wildman–Crippen LogP) is 1.99. The van der Waals surface area contributed by atoms with Gasteiger partial charge in [-0.2, -0.15) is 0 Å². The van der Waals surface area contributed by atoms with Gasteiger partial charge in [0.05, 0.1) is 6.42 Å². The van der Waals surface area contributed by atoms with Crippen molar-refractivity contribution in [2.75, 3.05) is 7.05 Å². The van der Waals surface area contributed by atoms with Gasteiger partial charge >= 0.3 is 5.97 Å². The van der Waals surface area contributed by atoms with Gasteiger partial charge in [-0.15, -0.1) is 0 Å². The van der Waals surface area contributed by atoms with E-state index in [1.165, 1.54) is 7.05 Å². The topological polar surface area (TPSA) is 95.5 Å². The highest BCUT2D eigenvalue weighted by atomic mass is 16.4. The Morgan fingerprint density at radius 1 is 1.08 bits per heavy atom. The van der Waals surface area contributed by atoms with Crippen molar-refractivity contribution >= 4 is 17.8 Å². The van der Waals surface area contributed by atoms with Gasteiger partial charge in [-0.3, -0.25) is 14.4 Å². The van der Waals surface area contributed by atoms with Gasteiger partial charge in [-0.05, 0) is 30.7 Å². The number of carbonyl (C=O) groups is 3. The molecule has 2 atom stereocenters. The van der Waals surface area contributed by atoms with Gasteiger partial charge in [0.2, 0.25) is 11.8 Å². The molecule has 0 fully saturated rings. The lowest BCUT2D eigenvalue weighted by Gasteiger charge is -2.22. The second-order valence-electron chi connectivity index (χ2n) is 6.62. The molecule has 0 saturated heterocycles. The summed E-state index contributed by atoms with van der Waals surface area (Å²) in [7, 11) is 1.52. The summed E-state index contributed by atoms with van der Waals surface area (Å²) >= 11 is 0. The van der Waals surface area contributed by atoms with Crippen molar-refractivity contribution < 1.29 is 19.5 Å². The van der Waals surface area contributed by atoms with Crippen LogP contribution in [0.1, 0.15) is 38.7 Å². The maximum Gasteiger partial charge on any atom is 0.304 e. The van der Waals surface area contributed by atoms with Gasteiger partial charge in [0.25, 0.3) is 0 Å². The Bertz CT molecular complexity index is 572. The number of likely N-dealkylation sites (N-methyl/N-ethyl adjacent to an activating group) is 1. The fourth-order valence-corrected chi connectivity index (χ4v) is 2.75. The summed E-state index contributed by atoms with van der Waals surface area (Å²) in [5.74, 6) is -2.11. The van der Waals surface area contributed by atoms with Crippen LogP contribution in [0.25, 0.3) is 0 Å². The molecule has 3 N–H and O–H groups in total.